The first-order valence-electron chi connectivity index (χ1n) is 3.28. The molecule has 1 rings (SSSR count). The quantitative estimate of drug-likeness (QED) is 0.675. The molecule has 60 valence electrons. The Morgan fingerprint density at radius 3 is 2.82 bits per heavy atom. The average Bonchev–Trinajstić information content (AvgIpc) is 2.05. The number of ether oxygens (including phenoxy) is 1. The standard InChI is InChI=1S/C7H10N2O2/c1-5(10)6-3-7(11-2)9-4-8-6/h3-5,10H,1-2H3/t5-/m0/s1. The molecule has 0 spiro atoms. The molecule has 4 heteroatoms. The molecule has 0 aromatic carbocycles. The van der Waals surface area contributed by atoms with E-state index in [0.717, 1.165) is 0 Å². The summed E-state index contributed by atoms with van der Waals surface area (Å²) in [5, 5.41) is 9.10. The summed E-state index contributed by atoms with van der Waals surface area (Å²) in [5.41, 5.74) is 0.567. The van der Waals surface area contributed by atoms with Gasteiger partial charge in [-0.1, -0.05) is 0 Å². The van der Waals surface area contributed by atoms with E-state index in [-0.39, 0.29) is 0 Å². The van der Waals surface area contributed by atoms with E-state index in [1.165, 1.54) is 13.4 Å². The van der Waals surface area contributed by atoms with Gasteiger partial charge in [-0.05, 0) is 6.92 Å². The summed E-state index contributed by atoms with van der Waals surface area (Å²) in [6.07, 6.45) is 0.785. The fourth-order valence-electron chi connectivity index (χ4n) is 0.694. The van der Waals surface area contributed by atoms with Crippen molar-refractivity contribution in [2.75, 3.05) is 7.11 Å². The Bertz CT molecular complexity index is 238. The fraction of sp³-hybridized carbons (Fsp3) is 0.429. The van der Waals surface area contributed by atoms with Crippen LogP contribution in [0.4, 0.5) is 0 Å². The van der Waals surface area contributed by atoms with Gasteiger partial charge in [0.15, 0.2) is 0 Å². The molecule has 1 aromatic rings. The van der Waals surface area contributed by atoms with Crippen LogP contribution in [0.3, 0.4) is 0 Å². The van der Waals surface area contributed by atoms with Crippen LogP contribution in [0.2, 0.25) is 0 Å². The maximum Gasteiger partial charge on any atom is 0.216 e. The van der Waals surface area contributed by atoms with Gasteiger partial charge in [-0.25, -0.2) is 9.97 Å². The van der Waals surface area contributed by atoms with Crippen molar-refractivity contribution in [3.05, 3.63) is 18.1 Å². The molecule has 0 saturated heterocycles. The molecule has 0 fully saturated rings. The first kappa shape index (κ1) is 7.94. The molecular formula is C7H10N2O2. The molecule has 0 aliphatic carbocycles. The van der Waals surface area contributed by atoms with Crippen LogP contribution < -0.4 is 4.74 Å². The number of aliphatic hydroxyl groups is 1. The normalized spacial score (nSPS) is 12.6. The van der Waals surface area contributed by atoms with Gasteiger partial charge in [0, 0.05) is 6.07 Å². The van der Waals surface area contributed by atoms with Gasteiger partial charge in [0.1, 0.15) is 6.33 Å². The molecule has 0 radical (unpaired) electrons. The monoisotopic (exact) mass is 154 g/mol. The second-order valence-electron chi connectivity index (χ2n) is 2.16. The Balaban J connectivity index is 2.91. The number of hydrogen-bond acceptors (Lipinski definition) is 4. The highest BCUT2D eigenvalue weighted by Crippen LogP contribution is 2.12. The molecule has 0 bridgehead atoms. The summed E-state index contributed by atoms with van der Waals surface area (Å²) < 4.78 is 4.84. The second kappa shape index (κ2) is 3.30. The predicted octanol–water partition coefficient (Wildman–Crippen LogP) is 0.538. The summed E-state index contributed by atoms with van der Waals surface area (Å²) in [6, 6.07) is 1.60. The van der Waals surface area contributed by atoms with Gasteiger partial charge in [-0.3, -0.25) is 0 Å². The van der Waals surface area contributed by atoms with Crippen LogP contribution in [0.5, 0.6) is 5.88 Å². The van der Waals surface area contributed by atoms with E-state index in [1.807, 2.05) is 0 Å². The Kier molecular flexibility index (Phi) is 2.38. The third-order valence-electron chi connectivity index (χ3n) is 1.30. The summed E-state index contributed by atoms with van der Waals surface area (Å²) in [7, 11) is 1.52. The van der Waals surface area contributed by atoms with Crippen molar-refractivity contribution >= 4 is 0 Å². The largest absolute Gasteiger partial charge is 0.481 e. The van der Waals surface area contributed by atoms with Gasteiger partial charge in [0.2, 0.25) is 5.88 Å². The van der Waals surface area contributed by atoms with E-state index >= 15 is 0 Å². The smallest absolute Gasteiger partial charge is 0.216 e. The number of aliphatic hydroxyl groups excluding tert-OH is 1. The topological polar surface area (TPSA) is 55.2 Å². The van der Waals surface area contributed by atoms with Crippen LogP contribution in [0, 0.1) is 0 Å². The summed E-state index contributed by atoms with van der Waals surface area (Å²) in [5.74, 6) is 0.468. The minimum absolute atomic E-state index is 0.468. The molecule has 1 heterocycles. The Labute approximate surface area is 64.9 Å². The zero-order valence-corrected chi connectivity index (χ0v) is 6.48. The van der Waals surface area contributed by atoms with E-state index in [2.05, 4.69) is 9.97 Å². The minimum atomic E-state index is -0.577. The number of aromatic nitrogens is 2. The van der Waals surface area contributed by atoms with E-state index < -0.39 is 6.10 Å². The summed E-state index contributed by atoms with van der Waals surface area (Å²) in [4.78, 5) is 7.64. The molecule has 0 aliphatic rings. The molecule has 1 N–H and O–H groups in total. The Morgan fingerprint density at radius 1 is 1.55 bits per heavy atom. The lowest BCUT2D eigenvalue weighted by Gasteiger charge is -2.03. The van der Waals surface area contributed by atoms with Crippen molar-refractivity contribution in [2.45, 2.75) is 13.0 Å². The van der Waals surface area contributed by atoms with Crippen molar-refractivity contribution < 1.29 is 9.84 Å². The van der Waals surface area contributed by atoms with Crippen LogP contribution in [0.15, 0.2) is 12.4 Å². The van der Waals surface area contributed by atoms with E-state index in [0.29, 0.717) is 11.6 Å². The van der Waals surface area contributed by atoms with Gasteiger partial charge >= 0.3 is 0 Å². The zero-order chi connectivity index (χ0) is 8.27. The molecule has 0 saturated carbocycles. The van der Waals surface area contributed by atoms with Crippen molar-refractivity contribution in [2.24, 2.45) is 0 Å². The highest BCUT2D eigenvalue weighted by molar-refractivity contribution is 5.14. The maximum absolute atomic E-state index is 9.10. The van der Waals surface area contributed by atoms with Crippen LogP contribution >= 0.6 is 0 Å². The predicted molar refractivity (Wildman–Crippen MR) is 39.2 cm³/mol. The van der Waals surface area contributed by atoms with Gasteiger partial charge in [-0.2, -0.15) is 0 Å². The Morgan fingerprint density at radius 2 is 2.27 bits per heavy atom. The number of nitrogens with zero attached hydrogens (tertiary/aromatic N) is 2. The highest BCUT2D eigenvalue weighted by atomic mass is 16.5. The van der Waals surface area contributed by atoms with Crippen LogP contribution in [-0.2, 0) is 0 Å². The molecule has 0 amide bonds. The number of hydrogen-bond donors (Lipinski definition) is 1. The van der Waals surface area contributed by atoms with Gasteiger partial charge in [-0.15, -0.1) is 0 Å². The van der Waals surface area contributed by atoms with E-state index in [1.54, 1.807) is 13.0 Å². The lowest BCUT2D eigenvalue weighted by Crippen LogP contribution is -1.97. The maximum atomic E-state index is 9.10. The second-order valence-corrected chi connectivity index (χ2v) is 2.16. The molecule has 4 nitrogen and oxygen atoms in total. The van der Waals surface area contributed by atoms with Gasteiger partial charge < -0.3 is 9.84 Å². The third-order valence-corrected chi connectivity index (χ3v) is 1.30. The fourth-order valence-corrected chi connectivity index (χ4v) is 0.694. The van der Waals surface area contributed by atoms with Crippen molar-refractivity contribution in [1.29, 1.82) is 0 Å². The lowest BCUT2D eigenvalue weighted by atomic mass is 10.3. The molecule has 1 aromatic heterocycles. The first-order chi connectivity index (χ1) is 5.24. The molecule has 11 heavy (non-hydrogen) atoms. The van der Waals surface area contributed by atoms with Gasteiger partial charge in [0.05, 0.1) is 18.9 Å². The molecule has 0 unspecified atom stereocenters. The SMILES string of the molecule is COc1cc([C@H](C)O)ncn1. The van der Waals surface area contributed by atoms with Crippen LogP contribution in [0.25, 0.3) is 0 Å². The third kappa shape index (κ3) is 1.88. The highest BCUT2D eigenvalue weighted by Gasteiger charge is 2.03. The van der Waals surface area contributed by atoms with Crippen molar-refractivity contribution in [3.63, 3.8) is 0 Å². The average molecular weight is 154 g/mol. The van der Waals surface area contributed by atoms with Gasteiger partial charge in [0.25, 0.3) is 0 Å². The van der Waals surface area contributed by atoms with Crippen molar-refractivity contribution in [3.8, 4) is 5.88 Å². The summed E-state index contributed by atoms with van der Waals surface area (Å²) >= 11 is 0. The number of methoxy groups -OCH3 is 1. The van der Waals surface area contributed by atoms with E-state index in [9.17, 15) is 0 Å². The number of rotatable bonds is 2. The molecule has 0 aliphatic heterocycles. The lowest BCUT2D eigenvalue weighted by molar-refractivity contribution is 0.193. The van der Waals surface area contributed by atoms with E-state index in [4.69, 9.17) is 9.84 Å². The first-order valence-corrected chi connectivity index (χ1v) is 3.28. The Hall–Kier alpha value is -1.16. The molecule has 1 atom stereocenters. The molecular weight excluding hydrogens is 144 g/mol. The summed E-state index contributed by atoms with van der Waals surface area (Å²) in [6.45, 7) is 1.64. The zero-order valence-electron chi connectivity index (χ0n) is 6.48. The van der Waals surface area contributed by atoms with Crippen LogP contribution in [0.1, 0.15) is 18.7 Å². The van der Waals surface area contributed by atoms with Crippen molar-refractivity contribution in [1.82, 2.24) is 9.97 Å². The minimum Gasteiger partial charge on any atom is -0.481 e. The van der Waals surface area contributed by atoms with Crippen LogP contribution in [-0.4, -0.2) is 22.2 Å².